The Bertz CT molecular complexity index is 1290. The minimum Gasteiger partial charge on any atom is -0.340 e. The van der Waals surface area contributed by atoms with Gasteiger partial charge in [-0.3, -0.25) is 14.7 Å². The van der Waals surface area contributed by atoms with Gasteiger partial charge in [-0.1, -0.05) is 48.5 Å². The molecule has 0 aliphatic carbocycles. The van der Waals surface area contributed by atoms with E-state index in [2.05, 4.69) is 15.3 Å². The van der Waals surface area contributed by atoms with E-state index in [0.717, 1.165) is 29.8 Å². The molecule has 0 aliphatic rings. The molecular formula is C25H27N5O2. The number of nitrogens with zero attached hydrogens (tertiary/aromatic N) is 4. The number of aromatic amines is 1. The third kappa shape index (κ3) is 4.32. The van der Waals surface area contributed by atoms with E-state index in [1.54, 1.807) is 30.1 Å². The van der Waals surface area contributed by atoms with E-state index in [9.17, 15) is 9.59 Å². The van der Waals surface area contributed by atoms with Crippen molar-refractivity contribution in [3.63, 3.8) is 0 Å². The molecule has 2 aromatic carbocycles. The fraction of sp³-hybridized carbons (Fsp3) is 0.280. The summed E-state index contributed by atoms with van der Waals surface area (Å²) in [7, 11) is 1.77. The van der Waals surface area contributed by atoms with Gasteiger partial charge in [-0.05, 0) is 38.8 Å². The summed E-state index contributed by atoms with van der Waals surface area (Å²) in [6.07, 6.45) is 1.55. The lowest BCUT2D eigenvalue weighted by molar-refractivity contribution is 0.0787. The van der Waals surface area contributed by atoms with Crippen molar-refractivity contribution in [2.24, 2.45) is 0 Å². The molecule has 1 N–H and O–H groups in total. The molecule has 0 bridgehead atoms. The summed E-state index contributed by atoms with van der Waals surface area (Å²) in [6, 6.07) is 19.1. The quantitative estimate of drug-likeness (QED) is 0.480. The second kappa shape index (κ2) is 9.18. The molecule has 7 nitrogen and oxygen atoms in total. The fourth-order valence-electron chi connectivity index (χ4n) is 3.75. The van der Waals surface area contributed by atoms with Gasteiger partial charge in [0.15, 0.2) is 5.69 Å². The first-order valence-corrected chi connectivity index (χ1v) is 10.8. The molecule has 164 valence electrons. The van der Waals surface area contributed by atoms with Gasteiger partial charge >= 0.3 is 0 Å². The summed E-state index contributed by atoms with van der Waals surface area (Å²) < 4.78 is 1.39. The number of amides is 1. The van der Waals surface area contributed by atoms with Crippen molar-refractivity contribution in [1.29, 1.82) is 0 Å². The van der Waals surface area contributed by atoms with Gasteiger partial charge in [-0.25, -0.2) is 4.68 Å². The first kappa shape index (κ1) is 21.5. The number of aryl methyl sites for hydroxylation is 1. The van der Waals surface area contributed by atoms with E-state index in [-0.39, 0.29) is 17.5 Å². The van der Waals surface area contributed by atoms with E-state index in [0.29, 0.717) is 23.0 Å². The number of carbonyl (C=O) groups excluding carboxylic acids is 1. The van der Waals surface area contributed by atoms with Gasteiger partial charge < -0.3 is 4.90 Å². The average molecular weight is 430 g/mol. The highest BCUT2D eigenvalue weighted by Gasteiger charge is 2.20. The molecule has 2 aromatic heterocycles. The molecule has 0 unspecified atom stereocenters. The highest BCUT2D eigenvalue weighted by atomic mass is 16.2. The summed E-state index contributed by atoms with van der Waals surface area (Å²) in [4.78, 5) is 27.6. The maximum absolute atomic E-state index is 13.2. The second-order valence-electron chi connectivity index (χ2n) is 8.21. The number of hydrogen-bond acceptors (Lipinski definition) is 4. The number of H-pyrrole nitrogens is 1. The lowest BCUT2D eigenvalue weighted by Gasteiger charge is -2.19. The van der Waals surface area contributed by atoms with Gasteiger partial charge in [0, 0.05) is 30.2 Å². The zero-order valence-electron chi connectivity index (χ0n) is 18.6. The molecule has 32 heavy (non-hydrogen) atoms. The van der Waals surface area contributed by atoms with Crippen LogP contribution in [0.1, 0.15) is 42.5 Å². The Labute approximate surface area is 186 Å². The Balaban J connectivity index is 1.47. The van der Waals surface area contributed by atoms with E-state index in [1.165, 1.54) is 4.68 Å². The van der Waals surface area contributed by atoms with Crippen LogP contribution in [0.4, 0.5) is 0 Å². The first-order chi connectivity index (χ1) is 15.5. The third-order valence-electron chi connectivity index (χ3n) is 5.51. The Hall–Kier alpha value is -3.74. The van der Waals surface area contributed by atoms with Crippen molar-refractivity contribution >= 4 is 16.7 Å². The van der Waals surface area contributed by atoms with Crippen LogP contribution in [0.25, 0.3) is 22.0 Å². The average Bonchev–Trinajstić information content (AvgIpc) is 3.28. The highest BCUT2D eigenvalue weighted by Crippen LogP contribution is 2.19. The summed E-state index contributed by atoms with van der Waals surface area (Å²) in [5, 5.41) is 13.0. The van der Waals surface area contributed by atoms with E-state index >= 15 is 0 Å². The molecule has 0 atom stereocenters. The standard InChI is InChI=1S/C25H27N5O2/c1-17(2)30-24(31)21-14-8-7-13-20(21)23(28-30)25(32)29(3)15-9-12-19-16-22(27-26-19)18-10-5-4-6-11-18/h4-8,10-11,13-14,16-17H,9,12,15H2,1-3H3,(H,26,27). The number of nitrogens with one attached hydrogen (secondary N) is 1. The maximum Gasteiger partial charge on any atom is 0.274 e. The van der Waals surface area contributed by atoms with E-state index in [4.69, 9.17) is 0 Å². The fourth-order valence-corrected chi connectivity index (χ4v) is 3.75. The Morgan fingerprint density at radius 3 is 2.47 bits per heavy atom. The normalized spacial score (nSPS) is 11.2. The number of rotatable bonds is 7. The molecular weight excluding hydrogens is 402 g/mol. The van der Waals surface area contributed by atoms with Crippen LogP contribution in [0.5, 0.6) is 0 Å². The molecule has 0 radical (unpaired) electrons. The van der Waals surface area contributed by atoms with Crippen LogP contribution < -0.4 is 5.56 Å². The van der Waals surface area contributed by atoms with Crippen molar-refractivity contribution in [2.75, 3.05) is 13.6 Å². The lowest BCUT2D eigenvalue weighted by Crippen LogP contribution is -2.33. The van der Waals surface area contributed by atoms with E-state index in [1.807, 2.05) is 56.3 Å². The zero-order valence-corrected chi connectivity index (χ0v) is 18.6. The second-order valence-corrected chi connectivity index (χ2v) is 8.21. The lowest BCUT2D eigenvalue weighted by atomic mass is 10.1. The van der Waals surface area contributed by atoms with Crippen LogP contribution in [0.15, 0.2) is 65.5 Å². The minimum atomic E-state index is -0.190. The molecule has 4 aromatic rings. The smallest absolute Gasteiger partial charge is 0.274 e. The van der Waals surface area contributed by atoms with Gasteiger partial charge in [0.2, 0.25) is 0 Å². The SMILES string of the molecule is CC(C)n1nc(C(=O)N(C)CCCc2cc(-c3ccccc3)n[nH]2)c2ccccc2c1=O. The highest BCUT2D eigenvalue weighted by molar-refractivity contribution is 6.04. The molecule has 0 aliphatic heterocycles. The van der Waals surface area contributed by atoms with Gasteiger partial charge in [0.05, 0.1) is 17.1 Å². The summed E-state index contributed by atoms with van der Waals surface area (Å²) >= 11 is 0. The molecule has 0 fully saturated rings. The van der Waals surface area contributed by atoms with Crippen LogP contribution in [-0.2, 0) is 6.42 Å². The molecule has 0 spiro atoms. The molecule has 4 rings (SSSR count). The number of fused-ring (bicyclic) bond motifs is 1. The predicted octanol–water partition coefficient (Wildman–Crippen LogP) is 4.07. The number of benzene rings is 2. The summed E-state index contributed by atoms with van der Waals surface area (Å²) in [5.41, 5.74) is 3.14. The Morgan fingerprint density at radius 2 is 1.75 bits per heavy atom. The number of aromatic nitrogens is 4. The topological polar surface area (TPSA) is 83.9 Å². The van der Waals surface area contributed by atoms with Crippen LogP contribution in [0, 0.1) is 0 Å². The summed E-state index contributed by atoms with van der Waals surface area (Å²) in [6.45, 7) is 4.33. The predicted molar refractivity (Wildman–Crippen MR) is 126 cm³/mol. The van der Waals surface area contributed by atoms with Gasteiger partial charge in [0.25, 0.3) is 11.5 Å². The van der Waals surface area contributed by atoms with Crippen molar-refractivity contribution in [3.8, 4) is 11.3 Å². The van der Waals surface area contributed by atoms with Gasteiger partial charge in [-0.2, -0.15) is 10.2 Å². The van der Waals surface area contributed by atoms with Crippen LogP contribution >= 0.6 is 0 Å². The van der Waals surface area contributed by atoms with Crippen LogP contribution in [-0.4, -0.2) is 44.4 Å². The number of hydrogen-bond donors (Lipinski definition) is 1. The van der Waals surface area contributed by atoms with Crippen LogP contribution in [0.3, 0.4) is 0 Å². The molecule has 0 saturated carbocycles. The summed E-state index contributed by atoms with van der Waals surface area (Å²) in [5.74, 6) is -0.190. The zero-order chi connectivity index (χ0) is 22.7. The molecule has 7 heteroatoms. The minimum absolute atomic E-state index is 0.136. The van der Waals surface area contributed by atoms with Crippen LogP contribution in [0.2, 0.25) is 0 Å². The van der Waals surface area contributed by atoms with Crippen molar-refractivity contribution in [2.45, 2.75) is 32.7 Å². The van der Waals surface area contributed by atoms with E-state index < -0.39 is 0 Å². The van der Waals surface area contributed by atoms with Gasteiger partial charge in [-0.15, -0.1) is 0 Å². The van der Waals surface area contributed by atoms with Crippen molar-refractivity contribution in [3.05, 3.63) is 82.4 Å². The number of carbonyl (C=O) groups is 1. The Morgan fingerprint density at radius 1 is 1.06 bits per heavy atom. The molecule has 0 saturated heterocycles. The molecule has 1 amide bonds. The Kier molecular flexibility index (Phi) is 6.16. The van der Waals surface area contributed by atoms with Gasteiger partial charge in [0.1, 0.15) is 0 Å². The molecule has 2 heterocycles. The largest absolute Gasteiger partial charge is 0.340 e. The maximum atomic E-state index is 13.2. The third-order valence-corrected chi connectivity index (χ3v) is 5.51. The monoisotopic (exact) mass is 429 g/mol. The van der Waals surface area contributed by atoms with Crippen molar-refractivity contribution in [1.82, 2.24) is 24.9 Å². The van der Waals surface area contributed by atoms with Crippen molar-refractivity contribution < 1.29 is 4.79 Å². The first-order valence-electron chi connectivity index (χ1n) is 10.8.